The summed E-state index contributed by atoms with van der Waals surface area (Å²) in [6, 6.07) is 6.08. The van der Waals surface area contributed by atoms with Crippen molar-refractivity contribution in [2.75, 3.05) is 0 Å². The molecule has 1 aliphatic carbocycles. The summed E-state index contributed by atoms with van der Waals surface area (Å²) in [5, 5.41) is 0. The number of halogens is 3. The molecule has 1 nitrogen and oxygen atoms in total. The van der Waals surface area contributed by atoms with E-state index in [4.69, 9.17) is 0 Å². The van der Waals surface area contributed by atoms with E-state index < -0.39 is 6.36 Å². The van der Waals surface area contributed by atoms with Crippen LogP contribution in [0.3, 0.4) is 0 Å². The Morgan fingerprint density at radius 2 is 1.83 bits per heavy atom. The topological polar surface area (TPSA) is 9.23 Å². The zero-order chi connectivity index (χ0) is 13.2. The number of ether oxygens (including phenoxy) is 1. The van der Waals surface area contributed by atoms with Crippen molar-refractivity contribution in [2.24, 2.45) is 0 Å². The van der Waals surface area contributed by atoms with Crippen molar-refractivity contribution in [1.29, 1.82) is 0 Å². The van der Waals surface area contributed by atoms with Gasteiger partial charge in [-0.1, -0.05) is 35.9 Å². The Labute approximate surface area is 104 Å². The predicted octanol–water partition coefficient (Wildman–Crippen LogP) is 4.58. The number of hydrogen-bond acceptors (Lipinski definition) is 1. The average molecular weight is 254 g/mol. The van der Waals surface area contributed by atoms with Crippen molar-refractivity contribution in [2.45, 2.75) is 25.6 Å². The monoisotopic (exact) mass is 254 g/mol. The van der Waals surface area contributed by atoms with Crippen molar-refractivity contribution in [1.82, 2.24) is 0 Å². The van der Waals surface area contributed by atoms with Crippen molar-refractivity contribution in [3.63, 3.8) is 0 Å². The highest BCUT2D eigenvalue weighted by molar-refractivity contribution is 5.36. The predicted molar refractivity (Wildman–Crippen MR) is 63.4 cm³/mol. The van der Waals surface area contributed by atoms with E-state index in [1.165, 1.54) is 17.7 Å². The molecule has 4 heteroatoms. The van der Waals surface area contributed by atoms with Gasteiger partial charge < -0.3 is 4.74 Å². The molecule has 0 saturated carbocycles. The normalized spacial score (nSPS) is 19.6. The molecule has 0 heterocycles. The van der Waals surface area contributed by atoms with Crippen LogP contribution in [-0.4, -0.2) is 6.36 Å². The first-order valence-electron chi connectivity index (χ1n) is 5.65. The van der Waals surface area contributed by atoms with Crippen LogP contribution in [0.15, 0.2) is 48.1 Å². The van der Waals surface area contributed by atoms with Gasteiger partial charge in [-0.2, -0.15) is 0 Å². The Hall–Kier alpha value is -1.71. The Kier molecular flexibility index (Phi) is 3.45. The lowest BCUT2D eigenvalue weighted by molar-refractivity contribution is -0.274. The van der Waals surface area contributed by atoms with Gasteiger partial charge in [-0.15, -0.1) is 13.2 Å². The van der Waals surface area contributed by atoms with E-state index >= 15 is 0 Å². The summed E-state index contributed by atoms with van der Waals surface area (Å²) in [6.45, 7) is 2.02. The third-order valence-corrected chi connectivity index (χ3v) is 2.93. The van der Waals surface area contributed by atoms with Crippen LogP contribution in [0.2, 0.25) is 0 Å². The largest absolute Gasteiger partial charge is 0.573 e. The summed E-state index contributed by atoms with van der Waals surface area (Å²) in [7, 11) is 0. The Morgan fingerprint density at radius 1 is 1.17 bits per heavy atom. The van der Waals surface area contributed by atoms with Crippen LogP contribution in [0.4, 0.5) is 13.2 Å². The van der Waals surface area contributed by atoms with E-state index in [0.717, 1.165) is 12.0 Å². The number of rotatable bonds is 2. The third-order valence-electron chi connectivity index (χ3n) is 2.93. The van der Waals surface area contributed by atoms with Gasteiger partial charge in [0.2, 0.25) is 0 Å². The molecule has 0 saturated heterocycles. The molecule has 0 aliphatic heterocycles. The molecule has 2 rings (SSSR count). The minimum Gasteiger partial charge on any atom is -0.406 e. The summed E-state index contributed by atoms with van der Waals surface area (Å²) in [4.78, 5) is 0. The fourth-order valence-electron chi connectivity index (χ4n) is 2.04. The summed E-state index contributed by atoms with van der Waals surface area (Å²) in [6.07, 6.45) is 2.31. The summed E-state index contributed by atoms with van der Waals surface area (Å²) in [5.41, 5.74) is 2.21. The van der Waals surface area contributed by atoms with Gasteiger partial charge in [-0.05, 0) is 31.0 Å². The maximum absolute atomic E-state index is 12.0. The van der Waals surface area contributed by atoms with E-state index in [1.807, 2.05) is 19.1 Å². The lowest BCUT2D eigenvalue weighted by Gasteiger charge is -2.19. The van der Waals surface area contributed by atoms with Crippen LogP contribution in [0.1, 0.15) is 24.8 Å². The highest BCUT2D eigenvalue weighted by Crippen LogP contribution is 2.32. The average Bonchev–Trinajstić information content (AvgIpc) is 2.29. The van der Waals surface area contributed by atoms with Gasteiger partial charge in [0.1, 0.15) is 5.75 Å². The second-order valence-electron chi connectivity index (χ2n) is 4.24. The van der Waals surface area contributed by atoms with Crippen molar-refractivity contribution >= 4 is 0 Å². The SMILES string of the molecule is CC1=CC=CCC1c1ccc(OC(F)(F)F)cc1. The number of benzene rings is 1. The van der Waals surface area contributed by atoms with Crippen LogP contribution in [0, 0.1) is 0 Å². The molecule has 0 radical (unpaired) electrons. The van der Waals surface area contributed by atoms with Crippen molar-refractivity contribution in [3.8, 4) is 5.75 Å². The van der Waals surface area contributed by atoms with E-state index in [-0.39, 0.29) is 11.7 Å². The smallest absolute Gasteiger partial charge is 0.406 e. The van der Waals surface area contributed by atoms with Crippen LogP contribution in [0.5, 0.6) is 5.75 Å². The minimum absolute atomic E-state index is 0.181. The zero-order valence-electron chi connectivity index (χ0n) is 9.87. The summed E-state index contributed by atoms with van der Waals surface area (Å²) < 4.78 is 39.9. The Balaban J connectivity index is 2.13. The van der Waals surface area contributed by atoms with E-state index in [1.54, 1.807) is 12.1 Å². The highest BCUT2D eigenvalue weighted by atomic mass is 19.4. The van der Waals surface area contributed by atoms with Crippen molar-refractivity contribution < 1.29 is 17.9 Å². The first-order chi connectivity index (χ1) is 8.46. The molecule has 1 aromatic rings. The first-order valence-corrected chi connectivity index (χ1v) is 5.65. The third kappa shape index (κ3) is 3.15. The van der Waals surface area contributed by atoms with Gasteiger partial charge in [0.25, 0.3) is 0 Å². The van der Waals surface area contributed by atoms with Crippen molar-refractivity contribution in [3.05, 3.63) is 53.6 Å². The van der Waals surface area contributed by atoms with Crippen LogP contribution in [-0.2, 0) is 0 Å². The quantitative estimate of drug-likeness (QED) is 0.750. The fourth-order valence-corrected chi connectivity index (χ4v) is 2.04. The van der Waals surface area contributed by atoms with E-state index in [0.29, 0.717) is 0 Å². The molecule has 1 unspecified atom stereocenters. The standard InChI is InChI=1S/C14H13F3O/c1-10-4-2-3-5-13(10)11-6-8-12(9-7-11)18-14(15,16)17/h2-4,6-9,13H,5H2,1H3. The van der Waals surface area contributed by atoms with E-state index in [9.17, 15) is 13.2 Å². The second-order valence-corrected chi connectivity index (χ2v) is 4.24. The van der Waals surface area contributed by atoms with Gasteiger partial charge in [0, 0.05) is 5.92 Å². The maximum Gasteiger partial charge on any atom is 0.573 e. The van der Waals surface area contributed by atoms with Gasteiger partial charge in [0.05, 0.1) is 0 Å². The fraction of sp³-hybridized carbons (Fsp3) is 0.286. The molecule has 18 heavy (non-hydrogen) atoms. The number of hydrogen-bond donors (Lipinski definition) is 0. The maximum atomic E-state index is 12.0. The Morgan fingerprint density at radius 3 is 2.39 bits per heavy atom. The van der Waals surface area contributed by atoms with Crippen LogP contribution in [0.25, 0.3) is 0 Å². The zero-order valence-corrected chi connectivity index (χ0v) is 9.87. The molecule has 0 N–H and O–H groups in total. The molecule has 0 aromatic heterocycles. The van der Waals surface area contributed by atoms with E-state index in [2.05, 4.69) is 10.8 Å². The van der Waals surface area contributed by atoms with Crippen LogP contribution >= 0.6 is 0 Å². The molecule has 0 spiro atoms. The van der Waals surface area contributed by atoms with Gasteiger partial charge in [0.15, 0.2) is 0 Å². The van der Waals surface area contributed by atoms with Gasteiger partial charge in [-0.25, -0.2) is 0 Å². The second kappa shape index (κ2) is 4.88. The first kappa shape index (κ1) is 12.7. The molecular formula is C14H13F3O. The minimum atomic E-state index is -4.63. The Bertz CT molecular complexity index is 469. The number of alkyl halides is 3. The molecular weight excluding hydrogens is 241 g/mol. The lowest BCUT2D eigenvalue weighted by Crippen LogP contribution is -2.17. The molecule has 1 atom stereocenters. The molecule has 1 aliphatic rings. The molecule has 0 amide bonds. The van der Waals surface area contributed by atoms with Gasteiger partial charge >= 0.3 is 6.36 Å². The summed E-state index contributed by atoms with van der Waals surface area (Å²) >= 11 is 0. The highest BCUT2D eigenvalue weighted by Gasteiger charge is 2.31. The summed E-state index contributed by atoms with van der Waals surface area (Å²) in [5.74, 6) is 0.0640. The molecule has 0 bridgehead atoms. The molecule has 1 aromatic carbocycles. The molecule has 96 valence electrons. The van der Waals surface area contributed by atoms with Crippen LogP contribution < -0.4 is 4.74 Å². The number of allylic oxidation sites excluding steroid dienone is 4. The van der Waals surface area contributed by atoms with Gasteiger partial charge in [-0.3, -0.25) is 0 Å². The lowest BCUT2D eigenvalue weighted by atomic mass is 9.86. The molecule has 0 fully saturated rings.